The SMILES string of the molecule is CCCNC(CC)c1ccc(OCC(=O)NC)cc1. The number of amides is 1. The second-order valence-corrected chi connectivity index (χ2v) is 4.45. The quantitative estimate of drug-likeness (QED) is 0.757. The summed E-state index contributed by atoms with van der Waals surface area (Å²) >= 11 is 0. The van der Waals surface area contributed by atoms with E-state index >= 15 is 0 Å². The Balaban J connectivity index is 2.56. The second-order valence-electron chi connectivity index (χ2n) is 4.45. The summed E-state index contributed by atoms with van der Waals surface area (Å²) in [4.78, 5) is 11.1. The first-order chi connectivity index (χ1) is 9.21. The molecule has 1 rings (SSSR count). The van der Waals surface area contributed by atoms with Gasteiger partial charge in [-0.15, -0.1) is 0 Å². The summed E-state index contributed by atoms with van der Waals surface area (Å²) in [6.07, 6.45) is 2.18. The number of carbonyl (C=O) groups is 1. The number of likely N-dealkylation sites (N-methyl/N-ethyl adjacent to an activating group) is 1. The van der Waals surface area contributed by atoms with Crippen LogP contribution in [0.15, 0.2) is 24.3 Å². The van der Waals surface area contributed by atoms with Crippen LogP contribution in [0.5, 0.6) is 5.75 Å². The summed E-state index contributed by atoms with van der Waals surface area (Å²) in [5.41, 5.74) is 1.25. The summed E-state index contributed by atoms with van der Waals surface area (Å²) in [6.45, 7) is 5.41. The van der Waals surface area contributed by atoms with Gasteiger partial charge in [0.2, 0.25) is 0 Å². The van der Waals surface area contributed by atoms with Crippen molar-refractivity contribution >= 4 is 5.91 Å². The summed E-state index contributed by atoms with van der Waals surface area (Å²) < 4.78 is 5.38. The van der Waals surface area contributed by atoms with Gasteiger partial charge in [-0.3, -0.25) is 4.79 Å². The van der Waals surface area contributed by atoms with E-state index in [1.165, 1.54) is 5.56 Å². The third-order valence-electron chi connectivity index (χ3n) is 2.98. The minimum atomic E-state index is -0.125. The van der Waals surface area contributed by atoms with Gasteiger partial charge >= 0.3 is 0 Å². The fourth-order valence-electron chi connectivity index (χ4n) is 1.83. The van der Waals surface area contributed by atoms with Crippen LogP contribution in [0.2, 0.25) is 0 Å². The Labute approximate surface area is 115 Å². The molecule has 2 N–H and O–H groups in total. The molecule has 4 nitrogen and oxygen atoms in total. The van der Waals surface area contributed by atoms with Gasteiger partial charge in [0.15, 0.2) is 6.61 Å². The molecule has 0 aliphatic carbocycles. The molecule has 0 bridgehead atoms. The molecule has 0 saturated carbocycles. The van der Waals surface area contributed by atoms with Gasteiger partial charge in [-0.1, -0.05) is 26.0 Å². The van der Waals surface area contributed by atoms with Crippen molar-refractivity contribution in [1.29, 1.82) is 0 Å². The standard InChI is InChI=1S/C15H24N2O2/c1-4-10-17-14(5-2)12-6-8-13(9-7-12)19-11-15(18)16-3/h6-9,14,17H,4-5,10-11H2,1-3H3,(H,16,18). The van der Waals surface area contributed by atoms with Gasteiger partial charge in [0.05, 0.1) is 0 Å². The maximum atomic E-state index is 11.1. The number of benzene rings is 1. The molecule has 0 heterocycles. The third-order valence-corrected chi connectivity index (χ3v) is 2.98. The zero-order valence-corrected chi connectivity index (χ0v) is 12.0. The van der Waals surface area contributed by atoms with Crippen LogP contribution < -0.4 is 15.4 Å². The Hall–Kier alpha value is -1.55. The Bertz CT molecular complexity index is 376. The van der Waals surface area contributed by atoms with Crippen LogP contribution >= 0.6 is 0 Å². The first kappa shape index (κ1) is 15.5. The molecule has 1 aromatic rings. The lowest BCUT2D eigenvalue weighted by Crippen LogP contribution is -2.24. The lowest BCUT2D eigenvalue weighted by Gasteiger charge is -2.17. The Morgan fingerprint density at radius 1 is 1.26 bits per heavy atom. The number of nitrogens with one attached hydrogen (secondary N) is 2. The Kier molecular flexibility index (Phi) is 6.97. The van der Waals surface area contributed by atoms with Gasteiger partial charge in [0, 0.05) is 13.1 Å². The molecular formula is C15H24N2O2. The molecule has 0 aliphatic rings. The van der Waals surface area contributed by atoms with Crippen molar-refractivity contribution in [3.8, 4) is 5.75 Å². The fraction of sp³-hybridized carbons (Fsp3) is 0.533. The molecule has 19 heavy (non-hydrogen) atoms. The average molecular weight is 264 g/mol. The predicted octanol–water partition coefficient (Wildman–Crippen LogP) is 2.26. The van der Waals surface area contributed by atoms with Gasteiger partial charge in [-0.25, -0.2) is 0 Å². The maximum Gasteiger partial charge on any atom is 0.257 e. The van der Waals surface area contributed by atoms with E-state index < -0.39 is 0 Å². The fourth-order valence-corrected chi connectivity index (χ4v) is 1.83. The molecule has 0 radical (unpaired) electrons. The van der Waals surface area contributed by atoms with Crippen molar-refractivity contribution in [1.82, 2.24) is 10.6 Å². The van der Waals surface area contributed by atoms with Crippen LogP contribution in [0.1, 0.15) is 38.3 Å². The van der Waals surface area contributed by atoms with E-state index in [0.717, 1.165) is 25.1 Å². The number of carbonyl (C=O) groups excluding carboxylic acids is 1. The third kappa shape index (κ3) is 5.30. The molecule has 0 spiro atoms. The van der Waals surface area contributed by atoms with Gasteiger partial charge in [0.25, 0.3) is 5.91 Å². The second kappa shape index (κ2) is 8.53. The number of hydrogen-bond acceptors (Lipinski definition) is 3. The van der Waals surface area contributed by atoms with E-state index in [1.807, 2.05) is 12.1 Å². The van der Waals surface area contributed by atoms with Crippen LogP contribution in [-0.2, 0) is 4.79 Å². The van der Waals surface area contributed by atoms with Crippen molar-refractivity contribution in [2.75, 3.05) is 20.2 Å². The largest absolute Gasteiger partial charge is 0.484 e. The maximum absolute atomic E-state index is 11.1. The normalized spacial score (nSPS) is 11.9. The Morgan fingerprint density at radius 3 is 2.47 bits per heavy atom. The van der Waals surface area contributed by atoms with E-state index in [1.54, 1.807) is 7.05 Å². The van der Waals surface area contributed by atoms with Gasteiger partial charge in [-0.2, -0.15) is 0 Å². The zero-order valence-electron chi connectivity index (χ0n) is 12.0. The van der Waals surface area contributed by atoms with E-state index in [-0.39, 0.29) is 12.5 Å². The molecule has 1 aromatic carbocycles. The molecule has 0 aliphatic heterocycles. The highest BCUT2D eigenvalue weighted by atomic mass is 16.5. The highest BCUT2D eigenvalue weighted by molar-refractivity contribution is 5.77. The summed E-state index contributed by atoms with van der Waals surface area (Å²) in [6, 6.07) is 8.31. The van der Waals surface area contributed by atoms with Crippen molar-refractivity contribution in [3.63, 3.8) is 0 Å². The minimum Gasteiger partial charge on any atom is -0.484 e. The molecule has 0 fully saturated rings. The zero-order chi connectivity index (χ0) is 14.1. The Morgan fingerprint density at radius 2 is 1.95 bits per heavy atom. The van der Waals surface area contributed by atoms with Crippen LogP contribution in [-0.4, -0.2) is 26.1 Å². The summed E-state index contributed by atoms with van der Waals surface area (Å²) in [5, 5.41) is 6.03. The van der Waals surface area contributed by atoms with E-state index in [4.69, 9.17) is 4.74 Å². The first-order valence-electron chi connectivity index (χ1n) is 6.88. The van der Waals surface area contributed by atoms with E-state index in [0.29, 0.717) is 6.04 Å². The highest BCUT2D eigenvalue weighted by Gasteiger charge is 2.08. The average Bonchev–Trinajstić information content (AvgIpc) is 2.46. The van der Waals surface area contributed by atoms with Crippen LogP contribution in [0.3, 0.4) is 0 Å². The lowest BCUT2D eigenvalue weighted by molar-refractivity contribution is -0.122. The van der Waals surface area contributed by atoms with Crippen molar-refractivity contribution in [3.05, 3.63) is 29.8 Å². The van der Waals surface area contributed by atoms with E-state index in [9.17, 15) is 4.79 Å². The number of rotatable bonds is 8. The topological polar surface area (TPSA) is 50.4 Å². The number of hydrogen-bond donors (Lipinski definition) is 2. The highest BCUT2D eigenvalue weighted by Crippen LogP contribution is 2.20. The van der Waals surface area contributed by atoms with Crippen LogP contribution in [0.25, 0.3) is 0 Å². The van der Waals surface area contributed by atoms with Crippen molar-refractivity contribution in [2.45, 2.75) is 32.7 Å². The molecule has 1 atom stereocenters. The van der Waals surface area contributed by atoms with E-state index in [2.05, 4.69) is 36.6 Å². The molecule has 0 saturated heterocycles. The summed E-state index contributed by atoms with van der Waals surface area (Å²) in [5.74, 6) is 0.595. The molecule has 0 aromatic heterocycles. The smallest absolute Gasteiger partial charge is 0.257 e. The number of ether oxygens (including phenoxy) is 1. The van der Waals surface area contributed by atoms with Gasteiger partial charge in [0.1, 0.15) is 5.75 Å². The van der Waals surface area contributed by atoms with Gasteiger partial charge < -0.3 is 15.4 Å². The van der Waals surface area contributed by atoms with Crippen molar-refractivity contribution < 1.29 is 9.53 Å². The molecule has 1 unspecified atom stereocenters. The molecule has 106 valence electrons. The van der Waals surface area contributed by atoms with Crippen molar-refractivity contribution in [2.24, 2.45) is 0 Å². The molecule has 4 heteroatoms. The van der Waals surface area contributed by atoms with Crippen LogP contribution in [0.4, 0.5) is 0 Å². The minimum absolute atomic E-state index is 0.0567. The first-order valence-corrected chi connectivity index (χ1v) is 6.88. The van der Waals surface area contributed by atoms with Crippen LogP contribution in [0, 0.1) is 0 Å². The summed E-state index contributed by atoms with van der Waals surface area (Å²) in [7, 11) is 1.60. The lowest BCUT2D eigenvalue weighted by atomic mass is 10.0. The predicted molar refractivity (Wildman–Crippen MR) is 77.3 cm³/mol. The monoisotopic (exact) mass is 264 g/mol. The van der Waals surface area contributed by atoms with Gasteiger partial charge in [-0.05, 0) is 37.1 Å². The molecule has 1 amide bonds. The molecular weight excluding hydrogens is 240 g/mol.